The van der Waals surface area contributed by atoms with Crippen LogP contribution in [0.2, 0.25) is 0 Å². The number of carbonyl (C=O) groups excluding carboxylic acids is 1. The Morgan fingerprint density at radius 2 is 1.92 bits per heavy atom. The molecule has 0 atom stereocenters. The molecule has 78 valence electrons. The van der Waals surface area contributed by atoms with E-state index in [0.717, 1.165) is 7.11 Å². The molecule has 0 radical (unpaired) electrons. The van der Waals surface area contributed by atoms with E-state index in [1.54, 1.807) is 0 Å². The van der Waals surface area contributed by atoms with Gasteiger partial charge in [-0.2, -0.15) is 8.42 Å². The van der Waals surface area contributed by atoms with Gasteiger partial charge in [-0.1, -0.05) is 13.5 Å². The summed E-state index contributed by atoms with van der Waals surface area (Å²) >= 11 is 0. The van der Waals surface area contributed by atoms with Crippen LogP contribution in [0.1, 0.15) is 13.3 Å². The summed E-state index contributed by atoms with van der Waals surface area (Å²) in [6, 6.07) is 0. The summed E-state index contributed by atoms with van der Waals surface area (Å²) in [6.07, 6.45) is 0.648. The lowest BCUT2D eigenvalue weighted by molar-refractivity contribution is -0.114. The Morgan fingerprint density at radius 3 is 1.92 bits per heavy atom. The van der Waals surface area contributed by atoms with Crippen LogP contribution < -0.4 is 5.73 Å². The van der Waals surface area contributed by atoms with Gasteiger partial charge in [0.25, 0.3) is 0 Å². The molecule has 0 saturated heterocycles. The standard InChI is InChI=1S/C5H9NO.CH4O4S/c1-3-4(2)5(6)7;1-5-6(2,3)4/h2-3H2,1H3,(H2,6,7);1H3,(H,2,3,4). The minimum Gasteiger partial charge on any atom is -0.366 e. The molecule has 0 spiro atoms. The molecule has 6 nitrogen and oxygen atoms in total. The monoisotopic (exact) mass is 211 g/mol. The average molecular weight is 211 g/mol. The van der Waals surface area contributed by atoms with Crippen LogP contribution in [0.5, 0.6) is 0 Å². The van der Waals surface area contributed by atoms with E-state index in [-0.39, 0.29) is 0 Å². The summed E-state index contributed by atoms with van der Waals surface area (Å²) in [5.74, 6) is -0.400. The van der Waals surface area contributed by atoms with Gasteiger partial charge in [0.1, 0.15) is 0 Å². The first-order valence-corrected chi connectivity index (χ1v) is 4.61. The van der Waals surface area contributed by atoms with Gasteiger partial charge in [-0.3, -0.25) is 13.5 Å². The molecule has 0 saturated carbocycles. The number of hydrogen-bond acceptors (Lipinski definition) is 4. The number of rotatable bonds is 3. The summed E-state index contributed by atoms with van der Waals surface area (Å²) in [5.41, 5.74) is 5.29. The number of nitrogens with two attached hydrogens (primary N) is 1. The molecule has 0 aliphatic rings. The van der Waals surface area contributed by atoms with E-state index in [2.05, 4.69) is 10.8 Å². The number of primary amides is 1. The Morgan fingerprint density at radius 1 is 1.62 bits per heavy atom. The zero-order valence-corrected chi connectivity index (χ0v) is 8.30. The Kier molecular flexibility index (Phi) is 7.39. The summed E-state index contributed by atoms with van der Waals surface area (Å²) in [4.78, 5) is 10.1. The highest BCUT2D eigenvalue weighted by Crippen LogP contribution is 1.91. The summed E-state index contributed by atoms with van der Waals surface area (Å²) in [5, 5.41) is 0. The van der Waals surface area contributed by atoms with Crippen molar-refractivity contribution in [1.29, 1.82) is 0 Å². The van der Waals surface area contributed by atoms with Crippen molar-refractivity contribution in [3.8, 4) is 0 Å². The zero-order valence-electron chi connectivity index (χ0n) is 7.48. The van der Waals surface area contributed by atoms with E-state index in [0.29, 0.717) is 12.0 Å². The Labute approximate surface area is 77.3 Å². The van der Waals surface area contributed by atoms with Crippen LogP contribution >= 0.6 is 0 Å². The van der Waals surface area contributed by atoms with E-state index in [9.17, 15) is 13.2 Å². The van der Waals surface area contributed by atoms with Crippen LogP contribution in [-0.2, 0) is 19.4 Å². The van der Waals surface area contributed by atoms with Crippen LogP contribution in [0.25, 0.3) is 0 Å². The van der Waals surface area contributed by atoms with Crippen LogP contribution in [0.3, 0.4) is 0 Å². The molecule has 13 heavy (non-hydrogen) atoms. The third-order valence-corrected chi connectivity index (χ3v) is 1.41. The Balaban J connectivity index is 0. The van der Waals surface area contributed by atoms with E-state index < -0.39 is 16.3 Å². The van der Waals surface area contributed by atoms with Crippen molar-refractivity contribution in [3.63, 3.8) is 0 Å². The van der Waals surface area contributed by atoms with Gasteiger partial charge in [0.15, 0.2) is 0 Å². The van der Waals surface area contributed by atoms with Crippen molar-refractivity contribution in [3.05, 3.63) is 12.2 Å². The maximum Gasteiger partial charge on any atom is 0.397 e. The first-order chi connectivity index (χ1) is 5.74. The number of amides is 1. The van der Waals surface area contributed by atoms with Gasteiger partial charge in [0.05, 0.1) is 7.11 Å². The van der Waals surface area contributed by atoms with Gasteiger partial charge in [-0.05, 0) is 6.42 Å². The topological polar surface area (TPSA) is 107 Å². The van der Waals surface area contributed by atoms with E-state index >= 15 is 0 Å². The van der Waals surface area contributed by atoms with Crippen molar-refractivity contribution in [2.45, 2.75) is 13.3 Å². The smallest absolute Gasteiger partial charge is 0.366 e. The average Bonchev–Trinajstić information content (AvgIpc) is 2.02. The summed E-state index contributed by atoms with van der Waals surface area (Å²) in [7, 11) is -3.29. The lowest BCUT2D eigenvalue weighted by atomic mass is 10.2. The van der Waals surface area contributed by atoms with Crippen molar-refractivity contribution in [1.82, 2.24) is 0 Å². The van der Waals surface area contributed by atoms with Crippen molar-refractivity contribution >= 4 is 16.3 Å². The largest absolute Gasteiger partial charge is 0.397 e. The van der Waals surface area contributed by atoms with E-state index in [1.807, 2.05) is 6.92 Å². The first-order valence-electron chi connectivity index (χ1n) is 3.25. The molecule has 0 aromatic carbocycles. The molecule has 1 amide bonds. The maximum atomic E-state index is 10.1. The molecule has 0 bridgehead atoms. The maximum absolute atomic E-state index is 10.1. The van der Waals surface area contributed by atoms with Gasteiger partial charge in [0, 0.05) is 5.57 Å². The lowest BCUT2D eigenvalue weighted by Crippen LogP contribution is -2.11. The van der Waals surface area contributed by atoms with Crippen LogP contribution in [0.4, 0.5) is 0 Å². The molecular formula is C6H13NO5S. The fraction of sp³-hybridized carbons (Fsp3) is 0.500. The highest BCUT2D eigenvalue weighted by atomic mass is 32.3. The molecule has 0 aliphatic heterocycles. The second-order valence-corrected chi connectivity index (χ2v) is 3.10. The van der Waals surface area contributed by atoms with Crippen molar-refractivity contribution in [2.75, 3.05) is 7.11 Å². The molecule has 0 rings (SSSR count). The molecule has 0 heterocycles. The molecular weight excluding hydrogens is 198 g/mol. The second kappa shape index (κ2) is 6.58. The quantitative estimate of drug-likeness (QED) is 0.499. The lowest BCUT2D eigenvalue weighted by Gasteiger charge is -1.89. The predicted molar refractivity (Wildman–Crippen MR) is 47.2 cm³/mol. The molecule has 0 aromatic rings. The zero-order chi connectivity index (χ0) is 11.1. The van der Waals surface area contributed by atoms with Gasteiger partial charge in [0.2, 0.25) is 5.91 Å². The van der Waals surface area contributed by atoms with Crippen LogP contribution in [0.15, 0.2) is 12.2 Å². The third kappa shape index (κ3) is 14.0. The minimum atomic E-state index is -4.16. The number of hydrogen-bond donors (Lipinski definition) is 2. The van der Waals surface area contributed by atoms with Crippen molar-refractivity contribution in [2.24, 2.45) is 5.73 Å². The fourth-order valence-electron chi connectivity index (χ4n) is 0.174. The molecule has 0 fully saturated rings. The van der Waals surface area contributed by atoms with Crippen molar-refractivity contribution < 1.29 is 21.9 Å². The second-order valence-electron chi connectivity index (χ2n) is 1.92. The van der Waals surface area contributed by atoms with Crippen LogP contribution in [0, 0.1) is 0 Å². The fourth-order valence-corrected chi connectivity index (χ4v) is 0.174. The van der Waals surface area contributed by atoms with Gasteiger partial charge >= 0.3 is 10.4 Å². The van der Waals surface area contributed by atoms with Crippen LogP contribution in [-0.4, -0.2) is 26.0 Å². The predicted octanol–water partition coefficient (Wildman–Crippen LogP) is -0.126. The van der Waals surface area contributed by atoms with E-state index in [1.165, 1.54) is 0 Å². The third-order valence-electron chi connectivity index (χ3n) is 0.986. The van der Waals surface area contributed by atoms with Gasteiger partial charge in [-0.15, -0.1) is 0 Å². The SMILES string of the molecule is C=C(CC)C(N)=O.COS(=O)(=O)O. The molecule has 3 N–H and O–H groups in total. The highest BCUT2D eigenvalue weighted by Gasteiger charge is 1.94. The first kappa shape index (κ1) is 14.6. The molecule has 0 aliphatic carbocycles. The van der Waals surface area contributed by atoms with E-state index in [4.69, 9.17) is 10.3 Å². The Hall–Kier alpha value is -0.920. The molecule has 0 unspecified atom stereocenters. The number of carbonyl (C=O) groups is 1. The molecule has 0 aromatic heterocycles. The molecule has 7 heteroatoms. The summed E-state index contributed by atoms with van der Waals surface area (Å²) < 4.78 is 29.7. The van der Waals surface area contributed by atoms with Gasteiger partial charge in [-0.25, -0.2) is 0 Å². The highest BCUT2D eigenvalue weighted by molar-refractivity contribution is 7.80. The Bertz CT molecular complexity index is 269. The normalized spacial score (nSPS) is 9.77. The van der Waals surface area contributed by atoms with Gasteiger partial charge < -0.3 is 5.73 Å². The summed E-state index contributed by atoms with van der Waals surface area (Å²) in [6.45, 7) is 5.24. The minimum absolute atomic E-state index is 0.400.